The number of anilines is 1. The van der Waals surface area contributed by atoms with Gasteiger partial charge in [0, 0.05) is 18.7 Å². The van der Waals surface area contributed by atoms with Crippen LogP contribution in [0.4, 0.5) is 5.13 Å². The van der Waals surface area contributed by atoms with E-state index in [-0.39, 0.29) is 10.8 Å². The summed E-state index contributed by atoms with van der Waals surface area (Å²) in [6.07, 6.45) is 1.91. The van der Waals surface area contributed by atoms with Gasteiger partial charge in [-0.2, -0.15) is 4.31 Å². The topological polar surface area (TPSA) is 70.6 Å². The van der Waals surface area contributed by atoms with Crippen molar-refractivity contribution >= 4 is 42.6 Å². The smallest absolute Gasteiger partial charge is 0.260 e. The number of hydrogen-bond donors (Lipinski definition) is 0. The lowest BCUT2D eigenvalue weighted by Crippen LogP contribution is -2.39. The van der Waals surface area contributed by atoms with Crippen LogP contribution in [0.1, 0.15) is 61.0 Å². The number of amides is 1. The Labute approximate surface area is 229 Å². The van der Waals surface area contributed by atoms with Crippen LogP contribution >= 0.6 is 11.3 Å². The highest BCUT2D eigenvalue weighted by atomic mass is 32.2. The van der Waals surface area contributed by atoms with Gasteiger partial charge in [-0.1, -0.05) is 74.6 Å². The van der Waals surface area contributed by atoms with Crippen molar-refractivity contribution in [1.29, 1.82) is 0 Å². The first-order valence-electron chi connectivity index (χ1n) is 13.1. The number of aromatic nitrogens is 1. The van der Waals surface area contributed by atoms with Crippen molar-refractivity contribution in [3.63, 3.8) is 0 Å². The summed E-state index contributed by atoms with van der Waals surface area (Å²) >= 11 is 1.50. The molecule has 1 amide bonds. The monoisotopic (exact) mass is 547 g/mol. The number of fused-ring (bicyclic) bond motifs is 1. The molecule has 2 heterocycles. The third kappa shape index (κ3) is 5.39. The van der Waals surface area contributed by atoms with E-state index in [4.69, 9.17) is 4.98 Å². The zero-order valence-corrected chi connectivity index (χ0v) is 23.6. The molecule has 0 N–H and O–H groups in total. The van der Waals surface area contributed by atoms with E-state index >= 15 is 0 Å². The average Bonchev–Trinajstić information content (AvgIpc) is 3.36. The molecule has 6 nitrogen and oxygen atoms in total. The van der Waals surface area contributed by atoms with E-state index in [9.17, 15) is 13.2 Å². The number of piperidine rings is 1. The van der Waals surface area contributed by atoms with Crippen LogP contribution in [-0.2, 0) is 16.6 Å². The van der Waals surface area contributed by atoms with Gasteiger partial charge in [-0.05, 0) is 66.1 Å². The van der Waals surface area contributed by atoms with E-state index in [2.05, 4.69) is 26.8 Å². The van der Waals surface area contributed by atoms with Crippen LogP contribution < -0.4 is 4.90 Å². The Hall–Kier alpha value is -3.07. The second-order valence-corrected chi connectivity index (χ2v) is 13.3. The zero-order chi connectivity index (χ0) is 26.9. The van der Waals surface area contributed by atoms with Crippen molar-refractivity contribution in [3.8, 4) is 0 Å². The molecule has 0 saturated carbocycles. The van der Waals surface area contributed by atoms with Crippen LogP contribution in [0.3, 0.4) is 0 Å². The minimum Gasteiger partial charge on any atom is -0.279 e. The maximum Gasteiger partial charge on any atom is 0.260 e. The van der Waals surface area contributed by atoms with Crippen molar-refractivity contribution in [2.75, 3.05) is 18.0 Å². The summed E-state index contributed by atoms with van der Waals surface area (Å²) in [5, 5.41) is 0.626. The van der Waals surface area contributed by atoms with Crippen LogP contribution in [0, 0.1) is 5.92 Å². The van der Waals surface area contributed by atoms with E-state index in [0.717, 1.165) is 34.2 Å². The first-order valence-corrected chi connectivity index (χ1v) is 15.3. The van der Waals surface area contributed by atoms with E-state index in [1.165, 1.54) is 11.3 Å². The molecule has 1 saturated heterocycles. The predicted octanol–water partition coefficient (Wildman–Crippen LogP) is 6.69. The molecular weight excluding hydrogens is 514 g/mol. The summed E-state index contributed by atoms with van der Waals surface area (Å²) in [7, 11) is -3.59. The molecule has 0 bridgehead atoms. The fourth-order valence-electron chi connectivity index (χ4n) is 4.97. The van der Waals surface area contributed by atoms with Crippen LogP contribution in [0.5, 0.6) is 0 Å². The Bertz CT molecular complexity index is 1530. The van der Waals surface area contributed by atoms with Gasteiger partial charge in [-0.15, -0.1) is 0 Å². The second-order valence-electron chi connectivity index (χ2n) is 10.4. The number of nitrogens with zero attached hydrogens (tertiary/aromatic N) is 3. The molecule has 1 aromatic heterocycles. The van der Waals surface area contributed by atoms with Crippen molar-refractivity contribution in [2.45, 2.75) is 51.0 Å². The minimum atomic E-state index is -3.59. The fraction of sp³-hybridized carbons (Fsp3) is 0.333. The SMILES string of the molecule is CC1CCCN(S(=O)(=O)c2ccc(C(=O)N(Cc3ccccc3)c3nc4c(C(C)C)cccc4s3)cc2)C1. The molecule has 0 aliphatic carbocycles. The molecular formula is C30H33N3O3S2. The van der Waals surface area contributed by atoms with E-state index < -0.39 is 10.0 Å². The summed E-state index contributed by atoms with van der Waals surface area (Å²) < 4.78 is 29.0. The lowest BCUT2D eigenvalue weighted by Gasteiger charge is -2.30. The molecule has 8 heteroatoms. The summed E-state index contributed by atoms with van der Waals surface area (Å²) in [6, 6.07) is 22.3. The van der Waals surface area contributed by atoms with Crippen LogP contribution in [0.2, 0.25) is 0 Å². The van der Waals surface area contributed by atoms with E-state index in [1.807, 2.05) is 42.5 Å². The molecule has 0 spiro atoms. The highest BCUT2D eigenvalue weighted by molar-refractivity contribution is 7.89. The molecule has 5 rings (SSSR count). The number of carbonyl (C=O) groups excluding carboxylic acids is 1. The number of sulfonamides is 1. The van der Waals surface area contributed by atoms with Crippen LogP contribution in [0.25, 0.3) is 10.2 Å². The number of carbonyl (C=O) groups is 1. The number of para-hydroxylation sites is 1. The van der Waals surface area contributed by atoms with Crippen LogP contribution in [-0.4, -0.2) is 36.7 Å². The molecule has 1 unspecified atom stereocenters. The van der Waals surface area contributed by atoms with Gasteiger partial charge in [0.1, 0.15) is 0 Å². The molecule has 1 aliphatic rings. The third-order valence-corrected chi connectivity index (χ3v) is 10.0. The van der Waals surface area contributed by atoms with Gasteiger partial charge in [-0.25, -0.2) is 13.4 Å². The van der Waals surface area contributed by atoms with Gasteiger partial charge in [0.25, 0.3) is 5.91 Å². The van der Waals surface area contributed by atoms with Gasteiger partial charge in [-0.3, -0.25) is 9.69 Å². The molecule has 0 radical (unpaired) electrons. The average molecular weight is 548 g/mol. The Morgan fingerprint density at radius 3 is 2.47 bits per heavy atom. The van der Waals surface area contributed by atoms with Gasteiger partial charge in [0.2, 0.25) is 10.0 Å². The zero-order valence-electron chi connectivity index (χ0n) is 22.0. The van der Waals surface area contributed by atoms with E-state index in [0.29, 0.717) is 42.2 Å². The van der Waals surface area contributed by atoms with Crippen molar-refractivity contribution < 1.29 is 13.2 Å². The van der Waals surface area contributed by atoms with Gasteiger partial charge < -0.3 is 0 Å². The molecule has 3 aromatic carbocycles. The molecule has 38 heavy (non-hydrogen) atoms. The largest absolute Gasteiger partial charge is 0.279 e. The highest BCUT2D eigenvalue weighted by Gasteiger charge is 2.29. The first kappa shape index (κ1) is 26.5. The summed E-state index contributed by atoms with van der Waals surface area (Å²) in [5.41, 5.74) is 3.49. The lowest BCUT2D eigenvalue weighted by molar-refractivity contribution is 0.0985. The molecule has 198 valence electrons. The maximum absolute atomic E-state index is 13.9. The Morgan fingerprint density at radius 1 is 1.05 bits per heavy atom. The lowest BCUT2D eigenvalue weighted by atomic mass is 10.0. The predicted molar refractivity (Wildman–Crippen MR) is 154 cm³/mol. The molecule has 1 aliphatic heterocycles. The Kier molecular flexibility index (Phi) is 7.66. The summed E-state index contributed by atoms with van der Waals surface area (Å²) in [4.78, 5) is 20.7. The molecule has 1 fully saturated rings. The van der Waals surface area contributed by atoms with Crippen molar-refractivity contribution in [2.24, 2.45) is 5.92 Å². The maximum atomic E-state index is 13.9. The van der Waals surface area contributed by atoms with Gasteiger partial charge >= 0.3 is 0 Å². The summed E-state index contributed by atoms with van der Waals surface area (Å²) in [5.74, 6) is 0.440. The number of benzene rings is 3. The Morgan fingerprint density at radius 2 is 1.79 bits per heavy atom. The quantitative estimate of drug-likeness (QED) is 0.259. The van der Waals surface area contributed by atoms with Gasteiger partial charge in [0.05, 0.1) is 21.7 Å². The second kappa shape index (κ2) is 11.0. The molecule has 1 atom stereocenters. The van der Waals surface area contributed by atoms with Crippen molar-refractivity contribution in [3.05, 3.63) is 89.5 Å². The Balaban J connectivity index is 1.48. The van der Waals surface area contributed by atoms with Gasteiger partial charge in [0.15, 0.2) is 5.13 Å². The van der Waals surface area contributed by atoms with E-state index in [1.54, 1.807) is 33.5 Å². The fourth-order valence-corrected chi connectivity index (χ4v) is 7.57. The number of rotatable bonds is 7. The normalized spacial score (nSPS) is 16.7. The highest BCUT2D eigenvalue weighted by Crippen LogP contribution is 2.35. The summed E-state index contributed by atoms with van der Waals surface area (Å²) in [6.45, 7) is 7.79. The third-order valence-electron chi connectivity index (χ3n) is 7.08. The first-order chi connectivity index (χ1) is 18.2. The van der Waals surface area contributed by atoms with Crippen molar-refractivity contribution in [1.82, 2.24) is 9.29 Å². The van der Waals surface area contributed by atoms with Crippen LogP contribution in [0.15, 0.2) is 77.7 Å². The number of hydrogen-bond acceptors (Lipinski definition) is 5. The number of thiazole rings is 1. The molecule has 4 aromatic rings. The standard InChI is InChI=1S/C30H33N3O3S2/c1-21(2)26-12-7-13-27-28(26)31-30(37-27)33(20-23-10-5-4-6-11-23)29(34)24-14-16-25(17-15-24)38(35,36)32-18-8-9-22(3)19-32/h4-7,10-17,21-22H,8-9,18-20H2,1-3H3. The minimum absolute atomic E-state index is 0.213.